The zero-order valence-corrected chi connectivity index (χ0v) is 17.0. The molecular weight excluding hydrogens is 386 g/mol. The lowest BCUT2D eigenvalue weighted by molar-refractivity contribution is -0.121. The number of amides is 1. The van der Waals surface area contributed by atoms with Gasteiger partial charge in [0.2, 0.25) is 5.91 Å². The summed E-state index contributed by atoms with van der Waals surface area (Å²) in [5.74, 6) is -0.0808. The van der Waals surface area contributed by atoms with E-state index in [4.69, 9.17) is 0 Å². The third kappa shape index (κ3) is 4.64. The predicted octanol–water partition coefficient (Wildman–Crippen LogP) is 2.71. The van der Waals surface area contributed by atoms with E-state index in [1.807, 2.05) is 61.0 Å². The molecule has 2 heterocycles. The van der Waals surface area contributed by atoms with Crippen molar-refractivity contribution in [2.24, 2.45) is 0 Å². The summed E-state index contributed by atoms with van der Waals surface area (Å²) in [6.45, 7) is 2.63. The maximum absolute atomic E-state index is 12.3. The van der Waals surface area contributed by atoms with Gasteiger partial charge < -0.3 is 5.32 Å². The molecule has 0 unspecified atom stereocenters. The number of nitrogens with one attached hydrogen (secondary N) is 2. The summed E-state index contributed by atoms with van der Waals surface area (Å²) < 4.78 is 3.59. The third-order valence-electron chi connectivity index (χ3n) is 4.31. The summed E-state index contributed by atoms with van der Waals surface area (Å²) in [6.07, 6.45) is 3.62. The molecule has 0 radical (unpaired) electrons. The quantitative estimate of drug-likeness (QED) is 0.458. The van der Waals surface area contributed by atoms with Gasteiger partial charge in [0.1, 0.15) is 5.69 Å². The summed E-state index contributed by atoms with van der Waals surface area (Å²) in [4.78, 5) is 13.4. The van der Waals surface area contributed by atoms with Gasteiger partial charge in [-0.3, -0.25) is 9.89 Å². The largest absolute Gasteiger partial charge is 0.349 e. The van der Waals surface area contributed by atoms with Crippen LogP contribution in [-0.4, -0.2) is 49.0 Å². The second kappa shape index (κ2) is 8.46. The van der Waals surface area contributed by atoms with E-state index < -0.39 is 0 Å². The number of hydrogen-bond acceptors (Lipinski definition) is 6. The van der Waals surface area contributed by atoms with Gasteiger partial charge in [-0.2, -0.15) is 5.10 Å². The highest BCUT2D eigenvalue weighted by Gasteiger charge is 2.12. The maximum atomic E-state index is 12.3. The molecule has 0 saturated heterocycles. The fraction of sp³-hybridized carbons (Fsp3) is 0.200. The third-order valence-corrected chi connectivity index (χ3v) is 5.27. The van der Waals surface area contributed by atoms with Gasteiger partial charge in [0.05, 0.1) is 36.7 Å². The summed E-state index contributed by atoms with van der Waals surface area (Å²) in [7, 11) is 1.89. The lowest BCUT2D eigenvalue weighted by Crippen LogP contribution is -2.32. The standard InChI is InChI=1S/C20H21N7OS/c1-14-8-15-10-22-24-20(15)18(9-14)29-26(2)13-19(28)21-11-16-12-27(25-23-16)17-6-4-3-5-7-17/h3-10,12H,11,13H2,1-2H3,(H,21,28)(H,22,24). The molecule has 4 aromatic rings. The smallest absolute Gasteiger partial charge is 0.235 e. The molecule has 29 heavy (non-hydrogen) atoms. The van der Waals surface area contributed by atoms with E-state index in [2.05, 4.69) is 38.0 Å². The highest BCUT2D eigenvalue weighted by Crippen LogP contribution is 2.29. The maximum Gasteiger partial charge on any atom is 0.235 e. The van der Waals surface area contributed by atoms with Crippen molar-refractivity contribution in [2.45, 2.75) is 18.4 Å². The summed E-state index contributed by atoms with van der Waals surface area (Å²) >= 11 is 1.51. The molecule has 0 aliphatic heterocycles. The number of carbonyl (C=O) groups is 1. The van der Waals surface area contributed by atoms with Gasteiger partial charge in [-0.1, -0.05) is 23.4 Å². The normalized spacial score (nSPS) is 11.3. The number of aromatic nitrogens is 5. The highest BCUT2D eigenvalue weighted by molar-refractivity contribution is 7.97. The molecule has 2 aromatic carbocycles. The molecular formula is C20H21N7OS. The number of rotatable bonds is 7. The number of fused-ring (bicyclic) bond motifs is 1. The molecule has 0 fully saturated rings. The zero-order chi connectivity index (χ0) is 20.2. The van der Waals surface area contributed by atoms with Crippen LogP contribution < -0.4 is 5.32 Å². The summed E-state index contributed by atoms with van der Waals surface area (Å²) in [5.41, 5.74) is 3.76. The first-order valence-corrected chi connectivity index (χ1v) is 9.92. The van der Waals surface area contributed by atoms with E-state index in [1.54, 1.807) is 4.68 Å². The van der Waals surface area contributed by atoms with Gasteiger partial charge in [0.25, 0.3) is 0 Å². The van der Waals surface area contributed by atoms with Crippen LogP contribution in [0, 0.1) is 6.92 Å². The second-order valence-corrected chi connectivity index (χ2v) is 7.99. The van der Waals surface area contributed by atoms with Crippen molar-refractivity contribution in [3.05, 3.63) is 66.1 Å². The Morgan fingerprint density at radius 3 is 2.93 bits per heavy atom. The van der Waals surface area contributed by atoms with E-state index in [9.17, 15) is 4.79 Å². The molecule has 0 bridgehead atoms. The molecule has 0 saturated carbocycles. The van der Waals surface area contributed by atoms with Crippen molar-refractivity contribution < 1.29 is 4.79 Å². The monoisotopic (exact) mass is 407 g/mol. The van der Waals surface area contributed by atoms with Crippen molar-refractivity contribution in [3.63, 3.8) is 0 Å². The van der Waals surface area contributed by atoms with Crippen molar-refractivity contribution >= 4 is 28.8 Å². The molecule has 0 atom stereocenters. The molecule has 4 rings (SSSR count). The van der Waals surface area contributed by atoms with Crippen molar-refractivity contribution in [2.75, 3.05) is 13.6 Å². The van der Waals surface area contributed by atoms with Gasteiger partial charge in [0.15, 0.2) is 0 Å². The molecule has 0 spiro atoms. The van der Waals surface area contributed by atoms with Gasteiger partial charge >= 0.3 is 0 Å². The Morgan fingerprint density at radius 1 is 1.28 bits per heavy atom. The Morgan fingerprint density at radius 2 is 2.10 bits per heavy atom. The Labute approximate surface area is 172 Å². The van der Waals surface area contributed by atoms with Crippen LogP contribution in [0.15, 0.2) is 59.8 Å². The Hall–Kier alpha value is -3.17. The predicted molar refractivity (Wildman–Crippen MR) is 113 cm³/mol. The number of aromatic amines is 1. The van der Waals surface area contributed by atoms with Gasteiger partial charge in [-0.25, -0.2) is 8.99 Å². The fourth-order valence-corrected chi connectivity index (χ4v) is 3.98. The van der Waals surface area contributed by atoms with Crippen molar-refractivity contribution in [1.29, 1.82) is 0 Å². The van der Waals surface area contributed by atoms with Gasteiger partial charge in [0, 0.05) is 10.3 Å². The number of H-pyrrole nitrogens is 1. The number of carbonyl (C=O) groups excluding carboxylic acids is 1. The molecule has 2 aromatic heterocycles. The van der Waals surface area contributed by atoms with E-state index in [0.29, 0.717) is 12.2 Å². The van der Waals surface area contributed by atoms with Gasteiger partial charge in [-0.15, -0.1) is 5.10 Å². The van der Waals surface area contributed by atoms with Crippen LogP contribution in [0.2, 0.25) is 0 Å². The molecule has 148 valence electrons. The van der Waals surface area contributed by atoms with Crippen LogP contribution in [0.5, 0.6) is 0 Å². The van der Waals surface area contributed by atoms with Gasteiger partial charge in [-0.05, 0) is 55.7 Å². The minimum atomic E-state index is -0.0808. The van der Waals surface area contributed by atoms with E-state index in [0.717, 1.165) is 27.0 Å². The molecule has 2 N–H and O–H groups in total. The average Bonchev–Trinajstić information content (AvgIpc) is 3.36. The average molecular weight is 408 g/mol. The number of para-hydroxylation sites is 1. The Balaban J connectivity index is 1.31. The lowest BCUT2D eigenvalue weighted by atomic mass is 10.2. The fourth-order valence-electron chi connectivity index (χ4n) is 2.97. The first-order valence-electron chi connectivity index (χ1n) is 9.14. The summed E-state index contributed by atoms with van der Waals surface area (Å²) in [6, 6.07) is 13.9. The van der Waals surface area contributed by atoms with Crippen molar-refractivity contribution in [1.82, 2.24) is 34.8 Å². The molecule has 0 aliphatic rings. The van der Waals surface area contributed by atoms with Crippen LogP contribution in [0.4, 0.5) is 0 Å². The molecule has 8 nitrogen and oxygen atoms in total. The Bertz CT molecular complexity index is 1120. The SMILES string of the molecule is Cc1cc(SN(C)CC(=O)NCc2cn(-c3ccccc3)nn2)c2[nH]ncc2c1. The molecule has 9 heteroatoms. The van der Waals surface area contributed by atoms with E-state index >= 15 is 0 Å². The molecule has 0 aliphatic carbocycles. The summed E-state index contributed by atoms with van der Waals surface area (Å²) in [5, 5.41) is 19.3. The van der Waals surface area contributed by atoms with E-state index in [1.165, 1.54) is 11.9 Å². The minimum Gasteiger partial charge on any atom is -0.349 e. The first-order chi connectivity index (χ1) is 14.1. The first kappa shape index (κ1) is 19.2. The number of hydrogen-bond donors (Lipinski definition) is 2. The second-order valence-electron chi connectivity index (χ2n) is 6.74. The van der Waals surface area contributed by atoms with Crippen LogP contribution >= 0.6 is 11.9 Å². The van der Waals surface area contributed by atoms with Crippen LogP contribution in [-0.2, 0) is 11.3 Å². The minimum absolute atomic E-state index is 0.0808. The van der Waals surface area contributed by atoms with Crippen LogP contribution in [0.1, 0.15) is 11.3 Å². The topological polar surface area (TPSA) is 91.7 Å². The van der Waals surface area contributed by atoms with Crippen LogP contribution in [0.3, 0.4) is 0 Å². The highest BCUT2D eigenvalue weighted by atomic mass is 32.2. The van der Waals surface area contributed by atoms with Crippen LogP contribution in [0.25, 0.3) is 16.6 Å². The number of aryl methyl sites for hydroxylation is 1. The number of nitrogens with zero attached hydrogens (tertiary/aromatic N) is 5. The zero-order valence-electron chi connectivity index (χ0n) is 16.2. The molecule has 1 amide bonds. The number of likely N-dealkylation sites (N-methyl/N-ethyl adjacent to an activating group) is 1. The van der Waals surface area contributed by atoms with E-state index in [-0.39, 0.29) is 12.5 Å². The van der Waals surface area contributed by atoms with Crippen molar-refractivity contribution in [3.8, 4) is 5.69 Å². The lowest BCUT2D eigenvalue weighted by Gasteiger charge is -2.15. The number of benzene rings is 2. The Kier molecular flexibility index (Phi) is 5.59.